The molecule has 3 aromatic carbocycles. The minimum atomic E-state index is -3.99. The van der Waals surface area contributed by atoms with Gasteiger partial charge in [0.25, 0.3) is 10.0 Å². The zero-order valence-corrected chi connectivity index (χ0v) is 18.8. The number of pyridine rings is 1. The molecule has 33 heavy (non-hydrogen) atoms. The molecule has 1 aromatic heterocycles. The zero-order valence-electron chi connectivity index (χ0n) is 17.1. The normalized spacial score (nSPS) is 15.2. The number of aromatic nitrogens is 1. The van der Waals surface area contributed by atoms with Crippen molar-refractivity contribution in [1.82, 2.24) is 4.98 Å². The Morgan fingerprint density at radius 2 is 1.73 bits per heavy atom. The van der Waals surface area contributed by atoms with Gasteiger partial charge in [0.15, 0.2) is 0 Å². The van der Waals surface area contributed by atoms with Crippen molar-refractivity contribution in [3.05, 3.63) is 84.8 Å². The molecule has 2 heterocycles. The summed E-state index contributed by atoms with van der Waals surface area (Å²) in [6, 6.07) is 18.7. The second-order valence-electron chi connectivity index (χ2n) is 7.56. The molecule has 1 saturated heterocycles. The average molecular weight is 484 g/mol. The van der Waals surface area contributed by atoms with Crippen LogP contribution in [-0.4, -0.2) is 34.1 Å². The first-order valence-corrected chi connectivity index (χ1v) is 13.1. The molecule has 0 aliphatic carbocycles. The lowest BCUT2D eigenvalue weighted by molar-refractivity contribution is 0.578. The summed E-state index contributed by atoms with van der Waals surface area (Å²) in [7, 11) is -7.28. The smallest absolute Gasteiger partial charge is 0.261 e. The molecule has 1 aliphatic rings. The molecule has 1 aliphatic heterocycles. The quantitative estimate of drug-likeness (QED) is 0.463. The van der Waals surface area contributed by atoms with E-state index in [1.165, 1.54) is 46.8 Å². The molecule has 0 saturated carbocycles. The first-order valence-electron chi connectivity index (χ1n) is 10.0. The maximum atomic E-state index is 14.7. The van der Waals surface area contributed by atoms with Crippen LogP contribution in [0.2, 0.25) is 0 Å². The van der Waals surface area contributed by atoms with Crippen LogP contribution in [0, 0.1) is 5.82 Å². The van der Waals surface area contributed by atoms with E-state index in [1.807, 2.05) is 30.3 Å². The largest absolute Gasteiger partial charge is 0.280 e. The SMILES string of the molecule is O=S(=O)(Nc1ccc(F)c(-c2nccc3ccccc23)c1)c1ccc(N2CCS2(=O)=O)cc1. The van der Waals surface area contributed by atoms with Gasteiger partial charge >= 0.3 is 0 Å². The lowest BCUT2D eigenvalue weighted by Crippen LogP contribution is -2.47. The summed E-state index contributed by atoms with van der Waals surface area (Å²) in [4.78, 5) is 4.27. The van der Waals surface area contributed by atoms with Crippen molar-refractivity contribution < 1.29 is 21.2 Å². The fourth-order valence-corrected chi connectivity index (χ4v) is 5.89. The monoisotopic (exact) mass is 483 g/mol. The first-order chi connectivity index (χ1) is 15.7. The van der Waals surface area contributed by atoms with E-state index in [-0.39, 0.29) is 21.9 Å². The van der Waals surface area contributed by atoms with E-state index in [9.17, 15) is 21.2 Å². The number of hydrogen-bond donors (Lipinski definition) is 1. The third-order valence-corrected chi connectivity index (χ3v) is 8.63. The van der Waals surface area contributed by atoms with E-state index in [4.69, 9.17) is 0 Å². The Morgan fingerprint density at radius 3 is 2.42 bits per heavy atom. The molecule has 1 N–H and O–H groups in total. The van der Waals surface area contributed by atoms with Crippen LogP contribution in [-0.2, 0) is 20.0 Å². The molecule has 0 radical (unpaired) electrons. The topological polar surface area (TPSA) is 96.4 Å². The van der Waals surface area contributed by atoms with Crippen molar-refractivity contribution in [2.24, 2.45) is 0 Å². The van der Waals surface area contributed by atoms with Gasteiger partial charge in [-0.2, -0.15) is 0 Å². The fourth-order valence-electron chi connectivity index (χ4n) is 3.73. The number of anilines is 2. The number of sulfonamides is 2. The molecule has 10 heteroatoms. The Hall–Kier alpha value is -3.50. The van der Waals surface area contributed by atoms with Gasteiger partial charge in [0.2, 0.25) is 10.0 Å². The summed E-state index contributed by atoms with van der Waals surface area (Å²) >= 11 is 0. The van der Waals surface area contributed by atoms with Gasteiger partial charge in [0, 0.05) is 29.4 Å². The molecule has 0 bridgehead atoms. The predicted molar refractivity (Wildman–Crippen MR) is 126 cm³/mol. The Morgan fingerprint density at radius 1 is 0.970 bits per heavy atom. The highest BCUT2D eigenvalue weighted by Crippen LogP contribution is 2.31. The fraction of sp³-hybridized carbons (Fsp3) is 0.0870. The van der Waals surface area contributed by atoms with Crippen LogP contribution in [0.3, 0.4) is 0 Å². The van der Waals surface area contributed by atoms with Gasteiger partial charge < -0.3 is 0 Å². The van der Waals surface area contributed by atoms with Gasteiger partial charge in [-0.3, -0.25) is 14.0 Å². The summed E-state index contributed by atoms with van der Waals surface area (Å²) in [6.45, 7) is 0.368. The molecular formula is C23H18FN3O4S2. The second kappa shape index (κ2) is 7.82. The molecule has 0 spiro atoms. The second-order valence-corrected chi connectivity index (χ2v) is 11.3. The highest BCUT2D eigenvalue weighted by molar-refractivity contribution is 7.94. The van der Waals surface area contributed by atoms with Crippen LogP contribution in [0.1, 0.15) is 0 Å². The number of hydrogen-bond acceptors (Lipinski definition) is 5. The van der Waals surface area contributed by atoms with Gasteiger partial charge in [-0.1, -0.05) is 24.3 Å². The van der Waals surface area contributed by atoms with Gasteiger partial charge in [0.05, 0.1) is 22.0 Å². The molecule has 4 aromatic rings. The van der Waals surface area contributed by atoms with Crippen LogP contribution in [0.15, 0.2) is 83.9 Å². The van der Waals surface area contributed by atoms with Crippen LogP contribution in [0.25, 0.3) is 22.0 Å². The van der Waals surface area contributed by atoms with Crippen molar-refractivity contribution in [2.75, 3.05) is 21.3 Å². The van der Waals surface area contributed by atoms with Crippen molar-refractivity contribution in [3.8, 4) is 11.3 Å². The number of rotatable bonds is 5. The lowest BCUT2D eigenvalue weighted by atomic mass is 10.0. The summed E-state index contributed by atoms with van der Waals surface area (Å²) in [5.41, 5.74) is 1.17. The standard InChI is InChI=1S/C23H18FN3O4S2/c24-22-10-5-17(15-21(22)23-20-4-2-1-3-16(20)11-12-25-23)26-33(30,31)19-8-6-18(7-9-19)27-13-14-32(27,28)29/h1-12,15,26H,13-14H2. The van der Waals surface area contributed by atoms with Crippen LogP contribution >= 0.6 is 0 Å². The number of halogens is 1. The van der Waals surface area contributed by atoms with Crippen molar-refractivity contribution in [1.29, 1.82) is 0 Å². The van der Waals surface area contributed by atoms with Crippen LogP contribution in [0.5, 0.6) is 0 Å². The summed E-state index contributed by atoms with van der Waals surface area (Å²) in [5.74, 6) is -0.450. The van der Waals surface area contributed by atoms with Gasteiger partial charge in [-0.25, -0.2) is 21.2 Å². The van der Waals surface area contributed by atoms with Crippen molar-refractivity contribution in [2.45, 2.75) is 4.90 Å². The Balaban J connectivity index is 1.46. The van der Waals surface area contributed by atoms with E-state index >= 15 is 0 Å². The zero-order chi connectivity index (χ0) is 23.2. The van der Waals surface area contributed by atoms with E-state index in [1.54, 1.807) is 6.20 Å². The third-order valence-electron chi connectivity index (χ3n) is 5.47. The third kappa shape index (κ3) is 3.91. The van der Waals surface area contributed by atoms with E-state index in [0.29, 0.717) is 17.9 Å². The maximum Gasteiger partial charge on any atom is 0.261 e. The Labute approximate surface area is 190 Å². The minimum absolute atomic E-state index is 0.0432. The Kier molecular flexibility index (Phi) is 5.06. The molecular weight excluding hydrogens is 465 g/mol. The minimum Gasteiger partial charge on any atom is -0.280 e. The lowest BCUT2D eigenvalue weighted by Gasteiger charge is -2.32. The highest BCUT2D eigenvalue weighted by atomic mass is 32.2. The summed E-state index contributed by atoms with van der Waals surface area (Å²) < 4.78 is 67.7. The maximum absolute atomic E-state index is 14.7. The molecule has 0 unspecified atom stereocenters. The van der Waals surface area contributed by atoms with E-state index in [2.05, 4.69) is 9.71 Å². The molecule has 0 atom stereocenters. The van der Waals surface area contributed by atoms with Crippen molar-refractivity contribution in [3.63, 3.8) is 0 Å². The number of nitrogens with one attached hydrogen (secondary N) is 1. The number of nitrogens with zero attached hydrogens (tertiary/aromatic N) is 2. The van der Waals surface area contributed by atoms with Gasteiger partial charge in [0.1, 0.15) is 5.82 Å². The first kappa shape index (κ1) is 21.4. The molecule has 0 amide bonds. The van der Waals surface area contributed by atoms with Gasteiger partial charge in [-0.15, -0.1) is 0 Å². The molecule has 7 nitrogen and oxygen atoms in total. The molecule has 1 fully saturated rings. The van der Waals surface area contributed by atoms with Gasteiger partial charge in [-0.05, 0) is 53.9 Å². The summed E-state index contributed by atoms with van der Waals surface area (Å²) in [5, 5.41) is 1.63. The Bertz CT molecular complexity index is 1580. The highest BCUT2D eigenvalue weighted by Gasteiger charge is 2.32. The summed E-state index contributed by atoms with van der Waals surface area (Å²) in [6.07, 6.45) is 1.58. The predicted octanol–water partition coefficient (Wildman–Crippen LogP) is 3.99. The molecule has 5 rings (SSSR count). The molecule has 168 valence electrons. The van der Waals surface area contributed by atoms with Crippen molar-refractivity contribution >= 4 is 42.2 Å². The van der Waals surface area contributed by atoms with E-state index in [0.717, 1.165) is 10.8 Å². The average Bonchev–Trinajstić information content (AvgIpc) is 2.79. The van der Waals surface area contributed by atoms with Crippen LogP contribution < -0.4 is 9.03 Å². The number of benzene rings is 3. The van der Waals surface area contributed by atoms with E-state index < -0.39 is 25.9 Å². The number of fused-ring (bicyclic) bond motifs is 1. The van der Waals surface area contributed by atoms with Crippen LogP contribution in [0.4, 0.5) is 15.8 Å².